The van der Waals surface area contributed by atoms with Crippen LogP contribution in [0.15, 0.2) is 24.3 Å². The van der Waals surface area contributed by atoms with Crippen LogP contribution in [-0.2, 0) is 14.2 Å². The van der Waals surface area contributed by atoms with Crippen molar-refractivity contribution in [3.8, 4) is 0 Å². The molecule has 0 unspecified atom stereocenters. The minimum Gasteiger partial charge on any atom is -0.378 e. The van der Waals surface area contributed by atoms with Crippen LogP contribution in [0.2, 0.25) is 0 Å². The van der Waals surface area contributed by atoms with Gasteiger partial charge >= 0.3 is 0 Å². The van der Waals surface area contributed by atoms with Gasteiger partial charge in [-0.25, -0.2) is 0 Å². The molecule has 0 N–H and O–H groups in total. The van der Waals surface area contributed by atoms with E-state index in [1.165, 1.54) is 4.90 Å². The van der Waals surface area contributed by atoms with Gasteiger partial charge in [-0.1, -0.05) is 12.1 Å². The van der Waals surface area contributed by atoms with Crippen molar-refractivity contribution < 1.29 is 23.8 Å². The zero-order chi connectivity index (χ0) is 16.5. The Labute approximate surface area is 140 Å². The van der Waals surface area contributed by atoms with Crippen LogP contribution in [0.25, 0.3) is 0 Å². The first-order valence-electron chi connectivity index (χ1n) is 7.50. The first-order chi connectivity index (χ1) is 11.3. The molecule has 0 bridgehead atoms. The van der Waals surface area contributed by atoms with Crippen molar-refractivity contribution in [2.24, 2.45) is 0 Å². The lowest BCUT2D eigenvalue weighted by molar-refractivity contribution is 0.0135. The molecule has 0 aromatic heterocycles. The predicted octanol–water partition coefficient (Wildman–Crippen LogP) is 1.57. The van der Waals surface area contributed by atoms with Crippen LogP contribution >= 0.6 is 11.6 Å². The monoisotopic (exact) mass is 341 g/mol. The lowest BCUT2D eigenvalue weighted by Gasteiger charge is -2.13. The van der Waals surface area contributed by atoms with Crippen LogP contribution in [0, 0.1) is 0 Å². The van der Waals surface area contributed by atoms with Crippen LogP contribution in [0.1, 0.15) is 20.7 Å². The van der Waals surface area contributed by atoms with E-state index in [1.807, 2.05) is 0 Å². The average Bonchev–Trinajstić information content (AvgIpc) is 2.81. The van der Waals surface area contributed by atoms with Gasteiger partial charge < -0.3 is 14.2 Å². The van der Waals surface area contributed by atoms with Crippen LogP contribution in [-0.4, -0.2) is 68.8 Å². The number of hydrogen-bond donors (Lipinski definition) is 0. The molecule has 0 spiro atoms. The molecular formula is C16H20ClNO5. The van der Waals surface area contributed by atoms with Crippen molar-refractivity contribution in [3.05, 3.63) is 35.4 Å². The number of ether oxygens (including phenoxy) is 3. The van der Waals surface area contributed by atoms with Crippen molar-refractivity contribution in [1.29, 1.82) is 0 Å². The standard InChI is InChI=1S/C16H20ClNO5/c17-5-7-21-9-11-23-12-10-22-8-6-18-15(19)13-3-1-2-4-14(13)16(18)20/h1-4H,5-12H2. The molecule has 6 nitrogen and oxygen atoms in total. The van der Waals surface area contributed by atoms with E-state index in [0.717, 1.165) is 0 Å². The quantitative estimate of drug-likeness (QED) is 0.347. The fourth-order valence-corrected chi connectivity index (χ4v) is 2.30. The van der Waals surface area contributed by atoms with E-state index in [2.05, 4.69) is 0 Å². The number of carbonyl (C=O) groups is 2. The van der Waals surface area contributed by atoms with E-state index >= 15 is 0 Å². The second kappa shape index (κ2) is 9.62. The zero-order valence-corrected chi connectivity index (χ0v) is 13.6. The molecule has 1 heterocycles. The topological polar surface area (TPSA) is 65.1 Å². The van der Waals surface area contributed by atoms with Crippen LogP contribution < -0.4 is 0 Å². The fourth-order valence-electron chi connectivity index (χ4n) is 2.19. The highest BCUT2D eigenvalue weighted by Gasteiger charge is 2.34. The molecule has 23 heavy (non-hydrogen) atoms. The van der Waals surface area contributed by atoms with Gasteiger partial charge in [-0.3, -0.25) is 14.5 Å². The number of amides is 2. The highest BCUT2D eigenvalue weighted by Crippen LogP contribution is 2.21. The zero-order valence-electron chi connectivity index (χ0n) is 12.8. The van der Waals surface area contributed by atoms with E-state index in [1.54, 1.807) is 24.3 Å². The van der Waals surface area contributed by atoms with Crippen molar-refractivity contribution in [3.63, 3.8) is 0 Å². The van der Waals surface area contributed by atoms with E-state index < -0.39 is 0 Å². The van der Waals surface area contributed by atoms with E-state index in [4.69, 9.17) is 25.8 Å². The molecule has 1 aliphatic heterocycles. The third kappa shape index (κ3) is 5.00. The molecule has 0 fully saturated rings. The van der Waals surface area contributed by atoms with Gasteiger partial charge in [0, 0.05) is 5.88 Å². The normalized spacial score (nSPS) is 13.7. The van der Waals surface area contributed by atoms with Gasteiger partial charge in [-0.15, -0.1) is 11.6 Å². The summed E-state index contributed by atoms with van der Waals surface area (Å²) in [6, 6.07) is 6.82. The molecule has 2 amide bonds. The summed E-state index contributed by atoms with van der Waals surface area (Å²) in [6.07, 6.45) is 0. The highest BCUT2D eigenvalue weighted by molar-refractivity contribution is 6.21. The molecule has 0 aliphatic carbocycles. The maximum absolute atomic E-state index is 12.1. The molecule has 1 aromatic rings. The number of nitrogens with zero attached hydrogens (tertiary/aromatic N) is 1. The lowest BCUT2D eigenvalue weighted by atomic mass is 10.1. The number of alkyl halides is 1. The maximum atomic E-state index is 12.1. The van der Waals surface area contributed by atoms with Gasteiger partial charge in [0.1, 0.15) is 0 Å². The number of hydrogen-bond acceptors (Lipinski definition) is 5. The van der Waals surface area contributed by atoms with E-state index in [-0.39, 0.29) is 25.0 Å². The smallest absolute Gasteiger partial charge is 0.261 e. The first kappa shape index (κ1) is 17.9. The number of benzene rings is 1. The maximum Gasteiger partial charge on any atom is 0.261 e. The lowest BCUT2D eigenvalue weighted by Crippen LogP contribution is -2.33. The van der Waals surface area contributed by atoms with Gasteiger partial charge in [-0.2, -0.15) is 0 Å². The molecule has 0 atom stereocenters. The summed E-state index contributed by atoms with van der Waals surface area (Å²) in [5.41, 5.74) is 0.913. The first-order valence-corrected chi connectivity index (χ1v) is 8.03. The highest BCUT2D eigenvalue weighted by atomic mass is 35.5. The molecule has 126 valence electrons. The third-order valence-corrected chi connectivity index (χ3v) is 3.46. The number of rotatable bonds is 11. The minimum absolute atomic E-state index is 0.241. The molecule has 7 heteroatoms. The molecule has 2 rings (SSSR count). The van der Waals surface area contributed by atoms with Gasteiger partial charge in [0.05, 0.1) is 57.3 Å². The van der Waals surface area contributed by atoms with E-state index in [9.17, 15) is 9.59 Å². The summed E-state index contributed by atoms with van der Waals surface area (Å²) in [5.74, 6) is -0.0511. The minimum atomic E-state index is -0.262. The Bertz CT molecular complexity index is 502. The summed E-state index contributed by atoms with van der Waals surface area (Å²) in [7, 11) is 0. The van der Waals surface area contributed by atoms with Crippen molar-refractivity contribution in [1.82, 2.24) is 4.90 Å². The SMILES string of the molecule is O=C1c2ccccc2C(=O)N1CCOCCOCCOCCCl. The second-order valence-corrected chi connectivity index (χ2v) is 5.21. The molecule has 0 radical (unpaired) electrons. The number of carbonyl (C=O) groups excluding carboxylic acids is 2. The van der Waals surface area contributed by atoms with Crippen molar-refractivity contribution in [2.75, 3.05) is 52.1 Å². The molecular weight excluding hydrogens is 322 g/mol. The molecule has 0 saturated heterocycles. The Hall–Kier alpha value is -1.47. The van der Waals surface area contributed by atoms with Gasteiger partial charge in [-0.05, 0) is 12.1 Å². The Balaban J connectivity index is 1.57. The summed E-state index contributed by atoms with van der Waals surface area (Å²) >= 11 is 5.47. The third-order valence-electron chi connectivity index (χ3n) is 3.30. The number of imide groups is 1. The van der Waals surface area contributed by atoms with Crippen molar-refractivity contribution >= 4 is 23.4 Å². The fraction of sp³-hybridized carbons (Fsp3) is 0.500. The Morgan fingerprint density at radius 1 is 0.783 bits per heavy atom. The number of halogens is 1. The van der Waals surface area contributed by atoms with Crippen LogP contribution in [0.3, 0.4) is 0 Å². The molecule has 1 aromatic carbocycles. The van der Waals surface area contributed by atoms with Crippen LogP contribution in [0.4, 0.5) is 0 Å². The average molecular weight is 342 g/mol. The number of fused-ring (bicyclic) bond motifs is 1. The van der Waals surface area contributed by atoms with Gasteiger partial charge in [0.15, 0.2) is 0 Å². The van der Waals surface area contributed by atoms with E-state index in [0.29, 0.717) is 50.0 Å². The van der Waals surface area contributed by atoms with Crippen LogP contribution in [0.5, 0.6) is 0 Å². The summed E-state index contributed by atoms with van der Waals surface area (Å²) < 4.78 is 15.8. The predicted molar refractivity (Wildman–Crippen MR) is 85.0 cm³/mol. The molecule has 0 saturated carbocycles. The molecule has 1 aliphatic rings. The Kier molecular flexibility index (Phi) is 7.48. The Morgan fingerprint density at radius 2 is 1.26 bits per heavy atom. The Morgan fingerprint density at radius 3 is 1.78 bits per heavy atom. The van der Waals surface area contributed by atoms with Gasteiger partial charge in [0.2, 0.25) is 0 Å². The summed E-state index contributed by atoms with van der Waals surface area (Å²) in [6.45, 7) is 2.87. The van der Waals surface area contributed by atoms with Crippen molar-refractivity contribution in [2.45, 2.75) is 0 Å². The second-order valence-electron chi connectivity index (χ2n) is 4.83. The summed E-state index contributed by atoms with van der Waals surface area (Å²) in [4.78, 5) is 25.4. The largest absolute Gasteiger partial charge is 0.378 e. The van der Waals surface area contributed by atoms with Gasteiger partial charge in [0.25, 0.3) is 11.8 Å². The summed E-state index contributed by atoms with van der Waals surface area (Å²) in [5, 5.41) is 0.